The highest BCUT2D eigenvalue weighted by Gasteiger charge is 2.55. The van der Waals surface area contributed by atoms with Crippen LogP contribution in [0.2, 0.25) is 10.3 Å². The Kier molecular flexibility index (Phi) is 7.48. The van der Waals surface area contributed by atoms with Crippen molar-refractivity contribution in [1.82, 2.24) is 10.3 Å². The topological polar surface area (TPSA) is 146 Å². The fraction of sp³-hybridized carbons (Fsp3) is 0.348. The van der Waals surface area contributed by atoms with Crippen LogP contribution in [0.15, 0.2) is 36.4 Å². The predicted molar refractivity (Wildman–Crippen MR) is 125 cm³/mol. The number of hydrogen-bond donors (Lipinski definition) is 4. The van der Waals surface area contributed by atoms with E-state index in [1.807, 2.05) is 0 Å². The van der Waals surface area contributed by atoms with Crippen molar-refractivity contribution in [3.8, 4) is 0 Å². The normalized spacial score (nSPS) is 19.4. The van der Waals surface area contributed by atoms with Gasteiger partial charge in [0.1, 0.15) is 16.3 Å². The lowest BCUT2D eigenvalue weighted by molar-refractivity contribution is -0.164. The molecular weight excluding hydrogens is 485 g/mol. The van der Waals surface area contributed by atoms with Gasteiger partial charge in [0.2, 0.25) is 5.91 Å². The molecule has 0 bridgehead atoms. The van der Waals surface area contributed by atoms with Crippen LogP contribution in [0.1, 0.15) is 36.2 Å². The molecule has 1 heterocycles. The van der Waals surface area contributed by atoms with Crippen molar-refractivity contribution in [2.24, 2.45) is 17.3 Å². The molecule has 3 atom stereocenters. The smallest absolute Gasteiger partial charge is 0.326 e. The molecule has 1 saturated carbocycles. The molecule has 3 rings (SSSR count). The molecule has 0 spiro atoms. The van der Waals surface area contributed by atoms with Gasteiger partial charge < -0.3 is 20.8 Å². The van der Waals surface area contributed by atoms with E-state index in [9.17, 15) is 29.4 Å². The Hall–Kier alpha value is -3.17. The van der Waals surface area contributed by atoms with E-state index in [1.54, 1.807) is 38.1 Å². The largest absolute Gasteiger partial charge is 0.481 e. The Balaban J connectivity index is 1.62. The molecule has 180 valence electrons. The van der Waals surface area contributed by atoms with Crippen molar-refractivity contribution in [2.75, 3.05) is 5.32 Å². The number of carbonyl (C=O) groups excluding carboxylic acids is 2. The van der Waals surface area contributed by atoms with Crippen LogP contribution in [-0.2, 0) is 20.8 Å². The minimum Gasteiger partial charge on any atom is -0.481 e. The first kappa shape index (κ1) is 25.5. The van der Waals surface area contributed by atoms with E-state index in [2.05, 4.69) is 15.6 Å². The summed E-state index contributed by atoms with van der Waals surface area (Å²) in [7, 11) is 0. The van der Waals surface area contributed by atoms with E-state index in [0.29, 0.717) is 11.3 Å². The quantitative estimate of drug-likeness (QED) is 0.399. The van der Waals surface area contributed by atoms with Crippen LogP contribution < -0.4 is 10.6 Å². The van der Waals surface area contributed by atoms with E-state index >= 15 is 0 Å². The number of hydrogen-bond acceptors (Lipinski definition) is 5. The zero-order chi connectivity index (χ0) is 25.2. The van der Waals surface area contributed by atoms with Crippen molar-refractivity contribution in [3.63, 3.8) is 0 Å². The van der Waals surface area contributed by atoms with Gasteiger partial charge in [-0.3, -0.25) is 14.4 Å². The molecule has 0 saturated heterocycles. The summed E-state index contributed by atoms with van der Waals surface area (Å²) in [6, 6.07) is 8.16. The number of carboxylic acid groups (broad SMARTS) is 2. The first-order valence-electron chi connectivity index (χ1n) is 10.4. The van der Waals surface area contributed by atoms with Crippen LogP contribution in [0.5, 0.6) is 0 Å². The lowest BCUT2D eigenvalue weighted by Gasteiger charge is -2.48. The third-order valence-corrected chi connectivity index (χ3v) is 6.71. The molecule has 1 aliphatic rings. The number of carboxylic acids is 2. The molecule has 0 radical (unpaired) electrons. The molecule has 1 aliphatic carbocycles. The maximum atomic E-state index is 12.6. The Bertz CT molecular complexity index is 1140. The summed E-state index contributed by atoms with van der Waals surface area (Å²) in [6.45, 7) is 3.38. The minimum atomic E-state index is -1.21. The number of aromatic nitrogens is 1. The van der Waals surface area contributed by atoms with E-state index < -0.39 is 47.0 Å². The second-order valence-electron chi connectivity index (χ2n) is 8.73. The van der Waals surface area contributed by atoms with E-state index in [0.717, 1.165) is 0 Å². The highest BCUT2D eigenvalue weighted by Crippen LogP contribution is 2.51. The highest BCUT2D eigenvalue weighted by atomic mass is 35.5. The summed E-state index contributed by atoms with van der Waals surface area (Å²) in [6.07, 6.45) is 0.180. The van der Waals surface area contributed by atoms with Gasteiger partial charge >= 0.3 is 11.9 Å². The van der Waals surface area contributed by atoms with Gasteiger partial charge in [-0.05, 0) is 41.7 Å². The van der Waals surface area contributed by atoms with Crippen molar-refractivity contribution in [3.05, 3.63) is 57.8 Å². The third kappa shape index (κ3) is 5.48. The average molecular weight is 508 g/mol. The molecule has 2 unspecified atom stereocenters. The number of rotatable bonds is 8. The second-order valence-corrected chi connectivity index (χ2v) is 9.47. The Morgan fingerprint density at radius 2 is 1.71 bits per heavy atom. The third-order valence-electron chi connectivity index (χ3n) is 6.21. The number of nitrogens with zero attached hydrogens (tertiary/aromatic N) is 1. The molecule has 1 fully saturated rings. The molecule has 4 N–H and O–H groups in total. The zero-order valence-electron chi connectivity index (χ0n) is 18.3. The number of anilines is 1. The van der Waals surface area contributed by atoms with Gasteiger partial charge in [-0.15, -0.1) is 0 Å². The van der Waals surface area contributed by atoms with Gasteiger partial charge in [-0.2, -0.15) is 0 Å². The number of carbonyl (C=O) groups is 4. The van der Waals surface area contributed by atoms with Gasteiger partial charge in [0, 0.05) is 18.0 Å². The molecule has 1 aromatic carbocycles. The van der Waals surface area contributed by atoms with Crippen LogP contribution in [0.25, 0.3) is 0 Å². The standard InChI is InChI=1S/C23H23Cl2N3O6/c1-23(2)14(10-15(23)21(31)32)20(30)27-16(22(33)34)9-11-3-5-12(6-4-11)26-19(29)13-7-8-17(24)28-18(13)25/h3-8,14-16H,9-10H2,1-2H3,(H,26,29)(H,27,30)(H,31,32)(H,33,34)/t14?,15?,16-/m0/s1. The number of pyridine rings is 1. The monoisotopic (exact) mass is 507 g/mol. The fourth-order valence-corrected chi connectivity index (χ4v) is 4.43. The first-order chi connectivity index (χ1) is 15.9. The fourth-order valence-electron chi connectivity index (χ4n) is 4.00. The summed E-state index contributed by atoms with van der Waals surface area (Å²) in [5, 5.41) is 24.1. The van der Waals surface area contributed by atoms with Gasteiger partial charge in [0.05, 0.1) is 11.5 Å². The summed E-state index contributed by atoms with van der Waals surface area (Å²) in [5.74, 6) is -4.37. The van der Waals surface area contributed by atoms with Gasteiger partial charge in [0.15, 0.2) is 0 Å². The van der Waals surface area contributed by atoms with E-state index in [-0.39, 0.29) is 28.7 Å². The van der Waals surface area contributed by atoms with Crippen molar-refractivity contribution >= 4 is 52.6 Å². The Labute approximate surface area is 205 Å². The Morgan fingerprint density at radius 1 is 1.06 bits per heavy atom. The molecule has 1 aromatic heterocycles. The molecule has 2 aromatic rings. The SMILES string of the molecule is CC1(C)C(C(=O)O)CC1C(=O)N[C@@H](Cc1ccc(NC(=O)c2ccc(Cl)nc2Cl)cc1)C(=O)O. The summed E-state index contributed by atoms with van der Waals surface area (Å²) in [5.41, 5.74) is 0.453. The van der Waals surface area contributed by atoms with Gasteiger partial charge in [-0.1, -0.05) is 49.2 Å². The number of halogens is 2. The lowest BCUT2D eigenvalue weighted by atomic mass is 9.54. The molecule has 9 nitrogen and oxygen atoms in total. The van der Waals surface area contributed by atoms with Crippen LogP contribution in [-0.4, -0.2) is 45.0 Å². The van der Waals surface area contributed by atoms with Crippen molar-refractivity contribution in [2.45, 2.75) is 32.7 Å². The zero-order valence-corrected chi connectivity index (χ0v) is 19.9. The number of aliphatic carboxylic acids is 2. The summed E-state index contributed by atoms with van der Waals surface area (Å²) >= 11 is 11.7. The van der Waals surface area contributed by atoms with Crippen LogP contribution in [0, 0.1) is 17.3 Å². The van der Waals surface area contributed by atoms with Gasteiger partial charge in [-0.25, -0.2) is 9.78 Å². The van der Waals surface area contributed by atoms with Crippen molar-refractivity contribution in [1.29, 1.82) is 0 Å². The molecule has 11 heteroatoms. The molecule has 2 amide bonds. The first-order valence-corrected chi connectivity index (χ1v) is 11.1. The summed E-state index contributed by atoms with van der Waals surface area (Å²) in [4.78, 5) is 51.9. The minimum absolute atomic E-state index is 0.0116. The number of benzene rings is 1. The number of amides is 2. The Morgan fingerprint density at radius 3 is 2.24 bits per heavy atom. The van der Waals surface area contributed by atoms with Gasteiger partial charge in [0.25, 0.3) is 5.91 Å². The number of nitrogens with one attached hydrogen (secondary N) is 2. The lowest BCUT2D eigenvalue weighted by Crippen LogP contribution is -2.57. The maximum Gasteiger partial charge on any atom is 0.326 e. The van der Waals surface area contributed by atoms with Crippen LogP contribution >= 0.6 is 23.2 Å². The van der Waals surface area contributed by atoms with Crippen LogP contribution in [0.4, 0.5) is 5.69 Å². The maximum absolute atomic E-state index is 12.6. The molecule has 0 aliphatic heterocycles. The summed E-state index contributed by atoms with van der Waals surface area (Å²) < 4.78 is 0. The van der Waals surface area contributed by atoms with Crippen molar-refractivity contribution < 1.29 is 29.4 Å². The molecule has 34 heavy (non-hydrogen) atoms. The van der Waals surface area contributed by atoms with E-state index in [1.165, 1.54) is 12.1 Å². The highest BCUT2D eigenvalue weighted by molar-refractivity contribution is 6.35. The molecular formula is C23H23Cl2N3O6. The average Bonchev–Trinajstić information content (AvgIpc) is 2.73. The predicted octanol–water partition coefficient (Wildman–Crippen LogP) is 3.50. The second kappa shape index (κ2) is 9.99. The van der Waals surface area contributed by atoms with E-state index in [4.69, 9.17) is 23.2 Å². The van der Waals surface area contributed by atoms with Crippen LogP contribution in [0.3, 0.4) is 0 Å².